The molecule has 0 radical (unpaired) electrons. The minimum atomic E-state index is -0.449. The molecule has 9 nitrogen and oxygen atoms in total. The van der Waals surface area contributed by atoms with Crippen LogP contribution in [-0.4, -0.2) is 30.0 Å². The number of fused-ring (bicyclic) bond motifs is 2. The molecule has 2 N–H and O–H groups in total. The monoisotopic (exact) mass is 462 g/mol. The molecule has 0 fully saturated rings. The number of aromatic nitrogens is 5. The highest BCUT2D eigenvalue weighted by Crippen LogP contribution is 2.19. The SMILES string of the molecule is CCCCn1c(=O)[nH]c(=O)c2c1nc(CCC(=O)Nc1ccc3ncccc3c1)n2CC(C)C. The second-order valence-corrected chi connectivity index (χ2v) is 8.93. The standard InChI is InChI=1S/C25H30N6O3/c1-4-5-13-30-23-22(24(33)29-25(30)34)31(15-16(2)3)20(28-23)10-11-21(32)27-18-8-9-19-17(14-18)7-6-12-26-19/h6-9,12,14,16H,4-5,10-11,13,15H2,1-3H3,(H,27,32)(H,29,33,34). The predicted octanol–water partition coefficient (Wildman–Crippen LogP) is 3.46. The molecule has 178 valence electrons. The Hall–Kier alpha value is -3.75. The Morgan fingerprint density at radius 1 is 1.18 bits per heavy atom. The van der Waals surface area contributed by atoms with Crippen LogP contribution in [0.4, 0.5) is 5.69 Å². The predicted molar refractivity (Wildman–Crippen MR) is 133 cm³/mol. The fourth-order valence-electron chi connectivity index (χ4n) is 4.10. The second kappa shape index (κ2) is 10.0. The highest BCUT2D eigenvalue weighted by molar-refractivity contribution is 5.93. The molecule has 9 heteroatoms. The number of benzene rings is 1. The Labute approximate surface area is 196 Å². The molecular formula is C25H30N6O3. The zero-order chi connectivity index (χ0) is 24.2. The number of carbonyl (C=O) groups is 1. The van der Waals surface area contributed by atoms with Crippen LogP contribution in [-0.2, 0) is 24.3 Å². The van der Waals surface area contributed by atoms with Crippen LogP contribution in [0.25, 0.3) is 22.1 Å². The van der Waals surface area contributed by atoms with Gasteiger partial charge >= 0.3 is 5.69 Å². The van der Waals surface area contributed by atoms with Crippen LogP contribution < -0.4 is 16.6 Å². The number of unbranched alkanes of at least 4 members (excludes halogenated alkanes) is 1. The lowest BCUT2D eigenvalue weighted by atomic mass is 10.2. The van der Waals surface area contributed by atoms with Crippen molar-refractivity contribution in [2.75, 3.05) is 5.32 Å². The first kappa shape index (κ1) is 23.4. The summed E-state index contributed by atoms with van der Waals surface area (Å²) in [6.45, 7) is 7.20. The second-order valence-electron chi connectivity index (χ2n) is 8.93. The molecule has 3 aromatic heterocycles. The van der Waals surface area contributed by atoms with Gasteiger partial charge < -0.3 is 9.88 Å². The van der Waals surface area contributed by atoms with E-state index in [1.165, 1.54) is 4.57 Å². The number of pyridine rings is 1. The molecule has 1 amide bonds. The number of hydrogen-bond donors (Lipinski definition) is 2. The number of carbonyl (C=O) groups excluding carboxylic acids is 1. The number of aryl methyl sites for hydroxylation is 2. The van der Waals surface area contributed by atoms with Crippen LogP contribution in [0.15, 0.2) is 46.1 Å². The molecule has 0 saturated heterocycles. The average Bonchev–Trinajstić information content (AvgIpc) is 3.15. The number of nitrogens with zero attached hydrogens (tertiary/aromatic N) is 4. The number of rotatable bonds is 9. The van der Waals surface area contributed by atoms with Crippen LogP contribution in [0.2, 0.25) is 0 Å². The number of anilines is 1. The number of nitrogens with one attached hydrogen (secondary N) is 2. The summed E-state index contributed by atoms with van der Waals surface area (Å²) in [6, 6.07) is 9.39. The first-order chi connectivity index (χ1) is 16.4. The van der Waals surface area contributed by atoms with Gasteiger partial charge in [0.1, 0.15) is 5.82 Å². The van der Waals surface area contributed by atoms with Gasteiger partial charge in [0.2, 0.25) is 5.91 Å². The minimum absolute atomic E-state index is 0.149. The van der Waals surface area contributed by atoms with E-state index in [0.29, 0.717) is 42.2 Å². The van der Waals surface area contributed by atoms with Gasteiger partial charge in [0.25, 0.3) is 5.56 Å². The molecule has 0 aliphatic rings. The highest BCUT2D eigenvalue weighted by Gasteiger charge is 2.19. The molecule has 0 unspecified atom stereocenters. The molecule has 0 spiro atoms. The van der Waals surface area contributed by atoms with Gasteiger partial charge in [-0.25, -0.2) is 9.78 Å². The van der Waals surface area contributed by atoms with E-state index in [9.17, 15) is 14.4 Å². The van der Waals surface area contributed by atoms with Crippen molar-refractivity contribution in [3.05, 3.63) is 63.2 Å². The average molecular weight is 463 g/mol. The number of H-pyrrole nitrogens is 1. The lowest BCUT2D eigenvalue weighted by Gasteiger charge is -2.12. The first-order valence-electron chi connectivity index (χ1n) is 11.7. The van der Waals surface area contributed by atoms with Gasteiger partial charge in [0.15, 0.2) is 11.2 Å². The van der Waals surface area contributed by atoms with Crippen LogP contribution in [0.1, 0.15) is 45.9 Å². The van der Waals surface area contributed by atoms with Crippen molar-refractivity contribution in [2.45, 2.75) is 59.5 Å². The first-order valence-corrected chi connectivity index (χ1v) is 11.7. The Morgan fingerprint density at radius 2 is 2.00 bits per heavy atom. The summed E-state index contributed by atoms with van der Waals surface area (Å²) in [5.41, 5.74) is 1.45. The van der Waals surface area contributed by atoms with Crippen LogP contribution >= 0.6 is 0 Å². The summed E-state index contributed by atoms with van der Waals surface area (Å²) in [6.07, 6.45) is 4.00. The number of imidazole rings is 1. The van der Waals surface area contributed by atoms with Gasteiger partial charge in [-0.05, 0) is 36.6 Å². The molecule has 1 aromatic carbocycles. The number of hydrogen-bond acceptors (Lipinski definition) is 5. The molecule has 34 heavy (non-hydrogen) atoms. The largest absolute Gasteiger partial charge is 0.330 e. The van der Waals surface area contributed by atoms with Crippen LogP contribution in [0.3, 0.4) is 0 Å². The summed E-state index contributed by atoms with van der Waals surface area (Å²) in [7, 11) is 0. The fourth-order valence-corrected chi connectivity index (χ4v) is 4.10. The Balaban J connectivity index is 1.60. The Morgan fingerprint density at radius 3 is 2.76 bits per heavy atom. The summed E-state index contributed by atoms with van der Waals surface area (Å²) in [5.74, 6) is 0.734. The maximum Gasteiger partial charge on any atom is 0.330 e. The highest BCUT2D eigenvalue weighted by atomic mass is 16.2. The lowest BCUT2D eigenvalue weighted by Crippen LogP contribution is -2.31. The van der Waals surface area contributed by atoms with Crippen molar-refractivity contribution in [1.82, 2.24) is 24.1 Å². The maximum absolute atomic E-state index is 12.7. The Kier molecular flexibility index (Phi) is 6.90. The topological polar surface area (TPSA) is 115 Å². The Bertz CT molecular complexity index is 1450. The lowest BCUT2D eigenvalue weighted by molar-refractivity contribution is -0.116. The summed E-state index contributed by atoms with van der Waals surface area (Å²) >= 11 is 0. The van der Waals surface area contributed by atoms with Gasteiger partial charge in [0.05, 0.1) is 5.52 Å². The van der Waals surface area contributed by atoms with Gasteiger partial charge in [0, 0.05) is 43.2 Å². The minimum Gasteiger partial charge on any atom is -0.326 e. The van der Waals surface area contributed by atoms with Crippen molar-refractivity contribution in [3.63, 3.8) is 0 Å². The van der Waals surface area contributed by atoms with E-state index in [1.54, 1.807) is 6.20 Å². The van der Waals surface area contributed by atoms with Crippen molar-refractivity contribution in [1.29, 1.82) is 0 Å². The molecule has 0 aliphatic carbocycles. The van der Waals surface area contributed by atoms with Gasteiger partial charge in [-0.15, -0.1) is 0 Å². The zero-order valence-electron chi connectivity index (χ0n) is 19.8. The molecule has 0 saturated carbocycles. The fraction of sp³-hybridized carbons (Fsp3) is 0.400. The number of amides is 1. The number of aromatic amines is 1. The quantitative estimate of drug-likeness (QED) is 0.395. The maximum atomic E-state index is 12.7. The van der Waals surface area contributed by atoms with E-state index in [0.717, 1.165) is 23.7 Å². The molecule has 4 rings (SSSR count). The third-order valence-electron chi connectivity index (χ3n) is 5.71. The van der Waals surface area contributed by atoms with E-state index in [-0.39, 0.29) is 18.2 Å². The van der Waals surface area contributed by atoms with Crippen LogP contribution in [0, 0.1) is 5.92 Å². The summed E-state index contributed by atoms with van der Waals surface area (Å²) in [5, 5.41) is 3.88. The van der Waals surface area contributed by atoms with E-state index in [1.807, 2.05) is 41.8 Å². The summed E-state index contributed by atoms with van der Waals surface area (Å²) < 4.78 is 3.39. The van der Waals surface area contributed by atoms with Crippen LogP contribution in [0.5, 0.6) is 0 Å². The molecular weight excluding hydrogens is 432 g/mol. The third kappa shape index (κ3) is 4.93. The van der Waals surface area contributed by atoms with E-state index >= 15 is 0 Å². The van der Waals surface area contributed by atoms with E-state index in [2.05, 4.69) is 34.1 Å². The van der Waals surface area contributed by atoms with Crippen molar-refractivity contribution in [3.8, 4) is 0 Å². The van der Waals surface area contributed by atoms with Crippen molar-refractivity contribution < 1.29 is 4.79 Å². The van der Waals surface area contributed by atoms with E-state index in [4.69, 9.17) is 0 Å². The molecule has 4 aromatic rings. The summed E-state index contributed by atoms with van der Waals surface area (Å²) in [4.78, 5) is 49.3. The normalized spacial score (nSPS) is 11.5. The zero-order valence-corrected chi connectivity index (χ0v) is 19.8. The van der Waals surface area contributed by atoms with Gasteiger partial charge in [-0.2, -0.15) is 0 Å². The van der Waals surface area contributed by atoms with Gasteiger partial charge in [-0.3, -0.25) is 24.1 Å². The molecule has 3 heterocycles. The van der Waals surface area contributed by atoms with Crippen molar-refractivity contribution in [2.24, 2.45) is 5.92 Å². The van der Waals surface area contributed by atoms with Gasteiger partial charge in [-0.1, -0.05) is 33.3 Å². The molecule has 0 aliphatic heterocycles. The molecule has 0 atom stereocenters. The molecule has 0 bridgehead atoms. The third-order valence-corrected chi connectivity index (χ3v) is 5.71. The van der Waals surface area contributed by atoms with Crippen molar-refractivity contribution >= 4 is 33.7 Å². The van der Waals surface area contributed by atoms with E-state index < -0.39 is 11.2 Å². The smallest absolute Gasteiger partial charge is 0.326 e.